The smallest absolute Gasteiger partial charge is 0.422 e. The highest BCUT2D eigenvalue weighted by Crippen LogP contribution is 2.27. The van der Waals surface area contributed by atoms with Crippen LogP contribution in [0.3, 0.4) is 0 Å². The minimum Gasteiger partial charge on any atom is -0.506 e. The molecule has 3 N–H and O–H groups in total. The van der Waals surface area contributed by atoms with Gasteiger partial charge in [0.2, 0.25) is 0 Å². The lowest BCUT2D eigenvalue weighted by molar-refractivity contribution is 0.177. The predicted molar refractivity (Wildman–Crippen MR) is 63.9 cm³/mol. The number of hydrogen-bond acceptors (Lipinski definition) is 5. The SMILES string of the molecule is COC(=O)NS(=O)(=O)Nc1cc(Br)ccc1O. The second-order valence-corrected chi connectivity index (χ2v) is 5.19. The van der Waals surface area contributed by atoms with Crippen LogP contribution in [0.25, 0.3) is 0 Å². The Hall–Kier alpha value is -1.48. The molecule has 1 rings (SSSR count). The van der Waals surface area contributed by atoms with Gasteiger partial charge in [-0.05, 0) is 18.2 Å². The number of aromatic hydroxyl groups is 1. The lowest BCUT2D eigenvalue weighted by Crippen LogP contribution is -2.35. The maximum Gasteiger partial charge on any atom is 0.422 e. The minimum atomic E-state index is -4.14. The number of rotatable bonds is 3. The van der Waals surface area contributed by atoms with Crippen LogP contribution in [-0.2, 0) is 14.9 Å². The molecule has 1 aromatic carbocycles. The van der Waals surface area contributed by atoms with Crippen molar-refractivity contribution in [3.8, 4) is 5.75 Å². The van der Waals surface area contributed by atoms with Crippen LogP contribution in [0.2, 0.25) is 0 Å². The fourth-order valence-electron chi connectivity index (χ4n) is 0.912. The van der Waals surface area contributed by atoms with E-state index in [0.717, 1.165) is 7.11 Å². The van der Waals surface area contributed by atoms with E-state index in [2.05, 4.69) is 20.7 Å². The molecule has 0 unspecified atom stereocenters. The Balaban J connectivity index is 2.90. The lowest BCUT2D eigenvalue weighted by atomic mass is 10.3. The third-order valence-corrected chi connectivity index (χ3v) is 3.02. The van der Waals surface area contributed by atoms with Gasteiger partial charge >= 0.3 is 16.3 Å². The van der Waals surface area contributed by atoms with Gasteiger partial charge in [0.1, 0.15) is 5.75 Å². The van der Waals surface area contributed by atoms with Crippen LogP contribution in [0.5, 0.6) is 5.75 Å². The number of nitrogens with one attached hydrogen (secondary N) is 2. The van der Waals surface area contributed by atoms with Gasteiger partial charge in [0, 0.05) is 4.47 Å². The molecular weight excluding hydrogens is 316 g/mol. The number of anilines is 1. The second-order valence-electron chi connectivity index (χ2n) is 2.86. The van der Waals surface area contributed by atoms with Crippen LogP contribution < -0.4 is 9.44 Å². The maximum absolute atomic E-state index is 11.4. The van der Waals surface area contributed by atoms with Crippen molar-refractivity contribution >= 4 is 37.9 Å². The van der Waals surface area contributed by atoms with Crippen LogP contribution in [0, 0.1) is 0 Å². The fourth-order valence-corrected chi connectivity index (χ4v) is 2.08. The Bertz CT molecular complexity index is 531. The Morgan fingerprint density at radius 1 is 1.47 bits per heavy atom. The zero-order chi connectivity index (χ0) is 13.1. The largest absolute Gasteiger partial charge is 0.506 e. The molecule has 0 saturated carbocycles. The number of methoxy groups -OCH3 is 1. The van der Waals surface area contributed by atoms with Crippen LogP contribution in [0.15, 0.2) is 22.7 Å². The molecule has 0 atom stereocenters. The molecule has 0 aliphatic heterocycles. The molecule has 0 fully saturated rings. The van der Waals surface area contributed by atoms with Gasteiger partial charge in [0.05, 0.1) is 12.8 Å². The summed E-state index contributed by atoms with van der Waals surface area (Å²) in [5.74, 6) is -0.275. The monoisotopic (exact) mass is 324 g/mol. The van der Waals surface area contributed by atoms with Gasteiger partial charge < -0.3 is 9.84 Å². The molecule has 94 valence electrons. The average molecular weight is 325 g/mol. The van der Waals surface area contributed by atoms with Crippen LogP contribution in [0.4, 0.5) is 10.5 Å². The number of halogens is 1. The number of amides is 1. The number of phenols is 1. The van der Waals surface area contributed by atoms with Crippen molar-refractivity contribution in [1.29, 1.82) is 0 Å². The van der Waals surface area contributed by atoms with Crippen LogP contribution in [-0.4, -0.2) is 26.7 Å². The standard InChI is InChI=1S/C8H9BrN2O5S/c1-16-8(13)11-17(14,15)10-6-4-5(9)2-3-7(6)12/h2-4,10,12H,1H3,(H,11,13). The van der Waals surface area contributed by atoms with Crippen molar-refractivity contribution in [1.82, 2.24) is 4.72 Å². The normalized spacial score (nSPS) is 10.7. The van der Waals surface area contributed by atoms with Gasteiger partial charge in [-0.15, -0.1) is 0 Å². The van der Waals surface area contributed by atoms with Gasteiger partial charge in [-0.3, -0.25) is 4.72 Å². The third kappa shape index (κ3) is 4.11. The highest BCUT2D eigenvalue weighted by atomic mass is 79.9. The Morgan fingerprint density at radius 2 is 2.12 bits per heavy atom. The zero-order valence-corrected chi connectivity index (χ0v) is 11.0. The van der Waals surface area contributed by atoms with Crippen molar-refractivity contribution in [2.75, 3.05) is 11.8 Å². The topological polar surface area (TPSA) is 105 Å². The van der Waals surface area contributed by atoms with Gasteiger partial charge in [-0.1, -0.05) is 15.9 Å². The second kappa shape index (κ2) is 5.23. The summed E-state index contributed by atoms with van der Waals surface area (Å²) in [7, 11) is -3.11. The average Bonchev–Trinajstić information content (AvgIpc) is 2.22. The van der Waals surface area contributed by atoms with E-state index in [-0.39, 0.29) is 11.4 Å². The van der Waals surface area contributed by atoms with Gasteiger partial charge in [-0.2, -0.15) is 8.42 Å². The van der Waals surface area contributed by atoms with Crippen LogP contribution in [0.1, 0.15) is 0 Å². The van der Waals surface area contributed by atoms with Crippen molar-refractivity contribution in [3.63, 3.8) is 0 Å². The molecule has 7 nitrogen and oxygen atoms in total. The lowest BCUT2D eigenvalue weighted by Gasteiger charge is -2.09. The predicted octanol–water partition coefficient (Wildman–Crippen LogP) is 1.17. The van der Waals surface area contributed by atoms with Gasteiger partial charge in [0.15, 0.2) is 0 Å². The number of phenolic OH excluding ortho intramolecular Hbond substituents is 1. The molecule has 0 radical (unpaired) electrons. The summed E-state index contributed by atoms with van der Waals surface area (Å²) < 4.78 is 31.0. The van der Waals surface area contributed by atoms with E-state index in [1.54, 1.807) is 4.72 Å². The van der Waals surface area contributed by atoms with E-state index in [0.29, 0.717) is 4.47 Å². The molecular formula is C8H9BrN2O5S. The Morgan fingerprint density at radius 3 is 2.71 bits per heavy atom. The summed E-state index contributed by atoms with van der Waals surface area (Å²) in [6.07, 6.45) is -1.13. The van der Waals surface area contributed by atoms with Crippen molar-refractivity contribution in [2.24, 2.45) is 0 Å². The van der Waals surface area contributed by atoms with Crippen molar-refractivity contribution in [2.45, 2.75) is 0 Å². The summed E-state index contributed by atoms with van der Waals surface area (Å²) in [5.41, 5.74) is -0.0734. The molecule has 1 aromatic rings. The number of carbonyl (C=O) groups is 1. The quantitative estimate of drug-likeness (QED) is 0.724. The molecule has 9 heteroatoms. The molecule has 0 heterocycles. The van der Waals surface area contributed by atoms with Crippen molar-refractivity contribution < 1.29 is 23.1 Å². The zero-order valence-electron chi connectivity index (χ0n) is 8.60. The first-order valence-corrected chi connectivity index (χ1v) is 6.48. The third-order valence-electron chi connectivity index (χ3n) is 1.61. The molecule has 17 heavy (non-hydrogen) atoms. The first-order chi connectivity index (χ1) is 7.84. The molecule has 0 aliphatic rings. The van der Waals surface area contributed by atoms with Gasteiger partial charge in [0.25, 0.3) is 0 Å². The first-order valence-electron chi connectivity index (χ1n) is 4.21. The van der Waals surface area contributed by atoms with E-state index in [1.165, 1.54) is 18.2 Å². The highest BCUT2D eigenvalue weighted by molar-refractivity contribution is 9.10. The summed E-state index contributed by atoms with van der Waals surface area (Å²) in [6.45, 7) is 0. The van der Waals surface area contributed by atoms with E-state index in [4.69, 9.17) is 0 Å². The van der Waals surface area contributed by atoms with Gasteiger partial charge in [-0.25, -0.2) is 9.52 Å². The number of ether oxygens (including phenoxy) is 1. The molecule has 0 aliphatic carbocycles. The fraction of sp³-hybridized carbons (Fsp3) is 0.125. The van der Waals surface area contributed by atoms with E-state index in [9.17, 15) is 18.3 Å². The Labute approximate surface area is 106 Å². The molecule has 0 aromatic heterocycles. The maximum atomic E-state index is 11.4. The van der Waals surface area contributed by atoms with E-state index < -0.39 is 16.3 Å². The first kappa shape index (κ1) is 13.6. The number of hydrogen-bond donors (Lipinski definition) is 3. The minimum absolute atomic E-state index is 0.0734. The molecule has 1 amide bonds. The molecule has 0 saturated heterocycles. The summed E-state index contributed by atoms with van der Waals surface area (Å²) >= 11 is 3.11. The summed E-state index contributed by atoms with van der Waals surface area (Å²) in [4.78, 5) is 10.7. The summed E-state index contributed by atoms with van der Waals surface area (Å²) in [6, 6.07) is 4.16. The number of carbonyl (C=O) groups excluding carboxylic acids is 1. The highest BCUT2D eigenvalue weighted by Gasteiger charge is 2.16. The van der Waals surface area contributed by atoms with Crippen molar-refractivity contribution in [3.05, 3.63) is 22.7 Å². The van der Waals surface area contributed by atoms with E-state index >= 15 is 0 Å². The number of benzene rings is 1. The molecule has 0 bridgehead atoms. The van der Waals surface area contributed by atoms with Crippen LogP contribution >= 0.6 is 15.9 Å². The Kier molecular flexibility index (Phi) is 4.18. The molecule has 0 spiro atoms. The van der Waals surface area contributed by atoms with E-state index in [1.807, 2.05) is 4.72 Å². The summed E-state index contributed by atoms with van der Waals surface area (Å²) in [5, 5.41) is 9.40.